The molecule has 0 fully saturated rings. The largest absolute Gasteiger partial charge is 0.493 e. The van der Waals surface area contributed by atoms with Crippen LogP contribution in [0.25, 0.3) is 6.08 Å². The van der Waals surface area contributed by atoms with Crippen molar-refractivity contribution < 1.29 is 19.2 Å². The second-order valence-electron chi connectivity index (χ2n) is 6.06. The summed E-state index contributed by atoms with van der Waals surface area (Å²) in [7, 11) is 1.51. The fraction of sp³-hybridized carbons (Fsp3) is 0.0476. The molecule has 0 aliphatic carbocycles. The van der Waals surface area contributed by atoms with Gasteiger partial charge in [-0.25, -0.2) is 4.98 Å². The third kappa shape index (κ3) is 3.83. The predicted molar refractivity (Wildman–Crippen MR) is 109 cm³/mol. The third-order valence-electron chi connectivity index (χ3n) is 4.21. The number of aromatic nitrogens is 1. The number of carbonyl (C=O) groups excluding carboxylic acids is 1. The van der Waals surface area contributed by atoms with Gasteiger partial charge in [-0.1, -0.05) is 30.0 Å². The Kier molecular flexibility index (Phi) is 5.01. The molecule has 0 N–H and O–H groups in total. The predicted octanol–water partition coefficient (Wildman–Crippen LogP) is 5.12. The molecule has 8 heteroatoms. The lowest BCUT2D eigenvalue weighted by Gasteiger charge is -2.10. The Morgan fingerprint density at radius 1 is 1.10 bits per heavy atom. The number of methoxy groups -OCH3 is 1. The third-order valence-corrected chi connectivity index (χ3v) is 5.31. The second kappa shape index (κ2) is 7.76. The number of rotatable bonds is 5. The number of nitro groups is 1. The first-order valence-electron chi connectivity index (χ1n) is 8.55. The number of carbonyl (C=O) groups is 1. The standard InChI is InChI=1S/C21H14N2O5S/c1-27-17-10-13(11-19-21(24)15-4-2-3-5-18(15)29-19)6-8-16(17)28-20-9-7-14(12-22-20)23(25)26/h2-12H,1H3/b19-11-. The van der Waals surface area contributed by atoms with E-state index in [1.165, 1.54) is 31.0 Å². The van der Waals surface area contributed by atoms with Gasteiger partial charge in [0.2, 0.25) is 11.7 Å². The highest BCUT2D eigenvalue weighted by Gasteiger charge is 2.25. The van der Waals surface area contributed by atoms with Crippen LogP contribution in [0.2, 0.25) is 0 Å². The molecule has 4 rings (SSSR count). The summed E-state index contributed by atoms with van der Waals surface area (Å²) in [5.41, 5.74) is 1.38. The van der Waals surface area contributed by atoms with E-state index >= 15 is 0 Å². The van der Waals surface area contributed by atoms with E-state index in [0.29, 0.717) is 22.0 Å². The van der Waals surface area contributed by atoms with Crippen molar-refractivity contribution in [2.24, 2.45) is 0 Å². The van der Waals surface area contributed by atoms with Crippen LogP contribution in [0.5, 0.6) is 17.4 Å². The number of pyridine rings is 1. The lowest BCUT2D eigenvalue weighted by molar-refractivity contribution is -0.385. The van der Waals surface area contributed by atoms with Crippen molar-refractivity contribution in [3.05, 3.63) is 86.9 Å². The van der Waals surface area contributed by atoms with Crippen molar-refractivity contribution in [1.82, 2.24) is 4.98 Å². The molecule has 7 nitrogen and oxygen atoms in total. The molecule has 29 heavy (non-hydrogen) atoms. The molecule has 0 radical (unpaired) electrons. The molecular formula is C21H14N2O5S. The zero-order valence-corrected chi connectivity index (χ0v) is 16.0. The summed E-state index contributed by atoms with van der Waals surface area (Å²) in [5, 5.41) is 10.7. The zero-order valence-electron chi connectivity index (χ0n) is 15.2. The van der Waals surface area contributed by atoms with Crippen molar-refractivity contribution in [3.8, 4) is 17.4 Å². The molecule has 0 saturated heterocycles. The average molecular weight is 406 g/mol. The van der Waals surface area contributed by atoms with Crippen LogP contribution in [0.4, 0.5) is 5.69 Å². The van der Waals surface area contributed by atoms with Gasteiger partial charge in [-0.15, -0.1) is 0 Å². The number of nitrogens with zero attached hydrogens (tertiary/aromatic N) is 2. The molecule has 2 heterocycles. The molecule has 1 aromatic heterocycles. The summed E-state index contributed by atoms with van der Waals surface area (Å²) in [6.45, 7) is 0. The molecule has 0 amide bonds. The SMILES string of the molecule is COc1cc(/C=C2\Sc3ccccc3C2=O)ccc1Oc1ccc([N+](=O)[O-])cn1. The number of Topliss-reactive ketones (excluding diaryl/α,β-unsaturated/α-hetero) is 1. The average Bonchev–Trinajstić information content (AvgIpc) is 3.05. The van der Waals surface area contributed by atoms with Crippen LogP contribution in [0.1, 0.15) is 15.9 Å². The smallest absolute Gasteiger partial charge is 0.287 e. The number of benzene rings is 2. The number of ketones is 1. The Morgan fingerprint density at radius 2 is 1.93 bits per heavy atom. The molecule has 1 aliphatic heterocycles. The Balaban J connectivity index is 1.57. The molecule has 0 unspecified atom stereocenters. The van der Waals surface area contributed by atoms with Gasteiger partial charge in [0.15, 0.2) is 11.5 Å². The minimum absolute atomic E-state index is 0.0000248. The molecule has 1 aliphatic rings. The van der Waals surface area contributed by atoms with Crippen molar-refractivity contribution >= 4 is 29.3 Å². The van der Waals surface area contributed by atoms with E-state index < -0.39 is 4.92 Å². The van der Waals surface area contributed by atoms with E-state index in [1.54, 1.807) is 18.2 Å². The monoisotopic (exact) mass is 406 g/mol. The van der Waals surface area contributed by atoms with Gasteiger partial charge in [0.1, 0.15) is 6.20 Å². The Hall–Kier alpha value is -3.65. The summed E-state index contributed by atoms with van der Waals surface area (Å²) in [4.78, 5) is 28.2. The Bertz CT molecular complexity index is 1140. The van der Waals surface area contributed by atoms with Crippen LogP contribution in [-0.2, 0) is 0 Å². The summed E-state index contributed by atoms with van der Waals surface area (Å²) in [5.74, 6) is 1.06. The minimum Gasteiger partial charge on any atom is -0.493 e. The van der Waals surface area contributed by atoms with Crippen LogP contribution in [0.15, 0.2) is 70.6 Å². The zero-order chi connectivity index (χ0) is 20.4. The first-order valence-corrected chi connectivity index (χ1v) is 9.36. The lowest BCUT2D eigenvalue weighted by Crippen LogP contribution is -1.95. The van der Waals surface area contributed by atoms with Crippen LogP contribution < -0.4 is 9.47 Å². The van der Waals surface area contributed by atoms with E-state index in [-0.39, 0.29) is 17.4 Å². The maximum Gasteiger partial charge on any atom is 0.287 e. The fourth-order valence-electron chi connectivity index (χ4n) is 2.80. The van der Waals surface area contributed by atoms with E-state index in [0.717, 1.165) is 16.7 Å². The Morgan fingerprint density at radius 3 is 2.62 bits per heavy atom. The van der Waals surface area contributed by atoms with Gasteiger partial charge in [-0.2, -0.15) is 0 Å². The van der Waals surface area contributed by atoms with Gasteiger partial charge in [0.25, 0.3) is 5.69 Å². The van der Waals surface area contributed by atoms with Crippen molar-refractivity contribution in [2.45, 2.75) is 4.90 Å². The van der Waals surface area contributed by atoms with E-state index in [4.69, 9.17) is 9.47 Å². The van der Waals surface area contributed by atoms with E-state index in [2.05, 4.69) is 4.98 Å². The second-order valence-corrected chi connectivity index (χ2v) is 7.14. The first kappa shape index (κ1) is 18.7. The molecule has 2 aromatic carbocycles. The number of fused-ring (bicyclic) bond motifs is 1. The number of hydrogen-bond donors (Lipinski definition) is 0. The highest BCUT2D eigenvalue weighted by Crippen LogP contribution is 2.41. The van der Waals surface area contributed by atoms with Crippen molar-refractivity contribution in [3.63, 3.8) is 0 Å². The minimum atomic E-state index is -0.528. The molecule has 3 aromatic rings. The van der Waals surface area contributed by atoms with Gasteiger partial charge in [0, 0.05) is 22.6 Å². The topological polar surface area (TPSA) is 91.6 Å². The highest BCUT2D eigenvalue weighted by atomic mass is 32.2. The van der Waals surface area contributed by atoms with E-state index in [9.17, 15) is 14.9 Å². The van der Waals surface area contributed by atoms with Gasteiger partial charge in [0.05, 0.1) is 16.9 Å². The number of hydrogen-bond acceptors (Lipinski definition) is 7. The quantitative estimate of drug-likeness (QED) is 0.330. The van der Waals surface area contributed by atoms with Crippen LogP contribution >= 0.6 is 11.8 Å². The van der Waals surface area contributed by atoms with Crippen molar-refractivity contribution in [1.29, 1.82) is 0 Å². The number of allylic oxidation sites excluding steroid dienone is 1. The van der Waals surface area contributed by atoms with Crippen LogP contribution in [0, 0.1) is 10.1 Å². The van der Waals surface area contributed by atoms with Crippen LogP contribution in [-0.4, -0.2) is 22.8 Å². The highest BCUT2D eigenvalue weighted by molar-refractivity contribution is 8.04. The van der Waals surface area contributed by atoms with Gasteiger partial charge >= 0.3 is 0 Å². The van der Waals surface area contributed by atoms with Gasteiger partial charge in [-0.05, 0) is 35.9 Å². The molecule has 0 spiro atoms. The maximum atomic E-state index is 12.5. The summed E-state index contributed by atoms with van der Waals surface area (Å²) >= 11 is 1.44. The molecule has 0 atom stereocenters. The van der Waals surface area contributed by atoms with Crippen LogP contribution in [0.3, 0.4) is 0 Å². The first-order chi connectivity index (χ1) is 14.0. The van der Waals surface area contributed by atoms with E-state index in [1.807, 2.05) is 30.3 Å². The summed E-state index contributed by atoms with van der Waals surface area (Å²) in [6.07, 6.45) is 2.94. The fourth-order valence-corrected chi connectivity index (χ4v) is 3.85. The molecule has 0 saturated carbocycles. The molecule has 144 valence electrons. The molecular weight excluding hydrogens is 392 g/mol. The molecule has 0 bridgehead atoms. The Labute approximate surface area is 170 Å². The number of ether oxygens (including phenoxy) is 2. The number of thioether (sulfide) groups is 1. The summed E-state index contributed by atoms with van der Waals surface area (Å²) in [6, 6.07) is 15.5. The van der Waals surface area contributed by atoms with Gasteiger partial charge < -0.3 is 9.47 Å². The maximum absolute atomic E-state index is 12.5. The normalized spacial score (nSPS) is 14.0. The summed E-state index contributed by atoms with van der Waals surface area (Å²) < 4.78 is 11.1. The van der Waals surface area contributed by atoms with Crippen molar-refractivity contribution in [2.75, 3.05) is 7.11 Å². The van der Waals surface area contributed by atoms with Gasteiger partial charge in [-0.3, -0.25) is 14.9 Å². The lowest BCUT2D eigenvalue weighted by atomic mass is 10.1.